The largest absolute Gasteiger partial charge is 0.327 e. The number of hydrogen-bond donors (Lipinski definition) is 1. The molecule has 2 saturated carbocycles. The third-order valence-corrected chi connectivity index (χ3v) is 6.22. The molecule has 0 heterocycles. The molecule has 0 saturated heterocycles. The van der Waals surface area contributed by atoms with Gasteiger partial charge in [0.25, 0.3) is 10.1 Å². The highest BCUT2D eigenvalue weighted by Crippen LogP contribution is 2.26. The lowest BCUT2D eigenvalue weighted by Crippen LogP contribution is -2.33. The molecule has 2 fully saturated rings. The van der Waals surface area contributed by atoms with Crippen molar-refractivity contribution >= 4 is 10.1 Å². The Balaban J connectivity index is 1.78. The van der Waals surface area contributed by atoms with Crippen LogP contribution in [0.5, 0.6) is 0 Å². The topological polar surface area (TPSA) is 69.4 Å². The summed E-state index contributed by atoms with van der Waals surface area (Å²) in [6, 6.07) is 0.0994. The van der Waals surface area contributed by atoms with E-state index in [0.29, 0.717) is 5.92 Å². The first-order chi connectivity index (χ1) is 9.57. The van der Waals surface area contributed by atoms with Crippen molar-refractivity contribution in [1.29, 1.82) is 0 Å². The minimum absolute atomic E-state index is 0.0994. The average molecular weight is 303 g/mol. The van der Waals surface area contributed by atoms with Crippen LogP contribution in [0.4, 0.5) is 0 Å². The average Bonchev–Trinajstić information content (AvgIpc) is 2.62. The molecule has 2 atom stereocenters. The standard InChI is InChI=1S/C15H29NO3S/c16-15-10-6-2-5-9-14(15)11-19-20(17,18)12-13-7-3-1-4-8-13/h13-15H,1-12,16H2/t14-,15-/m1/s1. The smallest absolute Gasteiger partial charge is 0.267 e. The molecule has 5 heteroatoms. The molecule has 2 aliphatic rings. The predicted octanol–water partition coefficient (Wildman–Crippen LogP) is 2.82. The number of nitrogens with two attached hydrogens (primary N) is 1. The van der Waals surface area contributed by atoms with Crippen LogP contribution in [-0.2, 0) is 14.3 Å². The van der Waals surface area contributed by atoms with Gasteiger partial charge >= 0.3 is 0 Å². The Hall–Kier alpha value is -0.130. The summed E-state index contributed by atoms with van der Waals surface area (Å²) in [4.78, 5) is 0. The van der Waals surface area contributed by atoms with E-state index in [1.807, 2.05) is 0 Å². The Morgan fingerprint density at radius 1 is 0.900 bits per heavy atom. The van der Waals surface area contributed by atoms with Gasteiger partial charge in [-0.15, -0.1) is 0 Å². The van der Waals surface area contributed by atoms with Gasteiger partial charge in [0.05, 0.1) is 12.4 Å². The lowest BCUT2D eigenvalue weighted by atomic mass is 9.91. The summed E-state index contributed by atoms with van der Waals surface area (Å²) in [5.74, 6) is 0.713. The predicted molar refractivity (Wildman–Crippen MR) is 80.9 cm³/mol. The summed E-state index contributed by atoms with van der Waals surface area (Å²) in [6.07, 6.45) is 11.1. The Bertz CT molecular complexity index is 377. The normalized spacial score (nSPS) is 30.1. The zero-order chi connectivity index (χ0) is 14.4. The van der Waals surface area contributed by atoms with Crippen LogP contribution in [0.2, 0.25) is 0 Å². The summed E-state index contributed by atoms with van der Waals surface area (Å²) in [7, 11) is -3.37. The fourth-order valence-electron chi connectivity index (χ4n) is 3.50. The molecule has 2 aliphatic carbocycles. The summed E-state index contributed by atoms with van der Waals surface area (Å²) in [5.41, 5.74) is 6.12. The zero-order valence-corrected chi connectivity index (χ0v) is 13.2. The Morgan fingerprint density at radius 2 is 1.50 bits per heavy atom. The Kier molecular flexibility index (Phi) is 6.30. The van der Waals surface area contributed by atoms with Gasteiger partial charge in [0, 0.05) is 6.04 Å². The van der Waals surface area contributed by atoms with E-state index >= 15 is 0 Å². The minimum Gasteiger partial charge on any atom is -0.327 e. The van der Waals surface area contributed by atoms with Crippen molar-refractivity contribution in [2.45, 2.75) is 70.3 Å². The van der Waals surface area contributed by atoms with E-state index in [0.717, 1.165) is 51.4 Å². The molecule has 0 aliphatic heterocycles. The maximum atomic E-state index is 12.1. The summed E-state index contributed by atoms with van der Waals surface area (Å²) in [5, 5.41) is 0. The minimum atomic E-state index is -3.37. The lowest BCUT2D eigenvalue weighted by Gasteiger charge is -2.23. The first-order valence-corrected chi connectivity index (χ1v) is 9.77. The van der Waals surface area contributed by atoms with E-state index in [-0.39, 0.29) is 24.3 Å². The second kappa shape index (κ2) is 7.76. The van der Waals surface area contributed by atoms with E-state index < -0.39 is 10.1 Å². The SMILES string of the molecule is N[C@@H]1CCCCC[C@@H]1COS(=O)(=O)CC1CCCCC1. The molecule has 0 aromatic carbocycles. The molecular formula is C15H29NO3S. The second-order valence-electron chi connectivity index (χ2n) is 6.57. The van der Waals surface area contributed by atoms with Crippen LogP contribution in [0, 0.1) is 11.8 Å². The van der Waals surface area contributed by atoms with Crippen LogP contribution in [0.3, 0.4) is 0 Å². The van der Waals surface area contributed by atoms with Crippen LogP contribution in [0.15, 0.2) is 0 Å². The maximum absolute atomic E-state index is 12.1. The molecule has 4 nitrogen and oxygen atoms in total. The fourth-order valence-corrected chi connectivity index (χ4v) is 4.89. The molecule has 0 unspecified atom stereocenters. The van der Waals surface area contributed by atoms with E-state index in [9.17, 15) is 8.42 Å². The van der Waals surface area contributed by atoms with Crippen LogP contribution < -0.4 is 5.73 Å². The van der Waals surface area contributed by atoms with Crippen LogP contribution in [0.1, 0.15) is 64.2 Å². The van der Waals surface area contributed by atoms with Gasteiger partial charge in [0.1, 0.15) is 0 Å². The van der Waals surface area contributed by atoms with E-state index in [2.05, 4.69) is 0 Å². The molecule has 0 aromatic rings. The quantitative estimate of drug-likeness (QED) is 0.626. The molecule has 2 N–H and O–H groups in total. The Labute approximate surface area is 123 Å². The second-order valence-corrected chi connectivity index (χ2v) is 8.26. The van der Waals surface area contributed by atoms with Crippen molar-refractivity contribution in [2.24, 2.45) is 17.6 Å². The molecule has 20 heavy (non-hydrogen) atoms. The van der Waals surface area contributed by atoms with Crippen molar-refractivity contribution in [3.8, 4) is 0 Å². The lowest BCUT2D eigenvalue weighted by molar-refractivity contribution is 0.219. The van der Waals surface area contributed by atoms with Crippen molar-refractivity contribution in [3.63, 3.8) is 0 Å². The first kappa shape index (κ1) is 16.2. The molecule has 0 amide bonds. The molecule has 0 aromatic heterocycles. The van der Waals surface area contributed by atoms with E-state index in [1.54, 1.807) is 0 Å². The molecule has 0 bridgehead atoms. The van der Waals surface area contributed by atoms with Crippen LogP contribution in [-0.4, -0.2) is 26.8 Å². The van der Waals surface area contributed by atoms with Gasteiger partial charge in [-0.1, -0.05) is 38.5 Å². The Morgan fingerprint density at radius 3 is 2.20 bits per heavy atom. The molecular weight excluding hydrogens is 274 g/mol. The number of rotatable bonds is 5. The highest BCUT2D eigenvalue weighted by atomic mass is 32.2. The monoisotopic (exact) mass is 303 g/mol. The van der Waals surface area contributed by atoms with Crippen molar-refractivity contribution in [2.75, 3.05) is 12.4 Å². The third-order valence-electron chi connectivity index (χ3n) is 4.84. The molecule has 2 rings (SSSR count). The van der Waals surface area contributed by atoms with Gasteiger partial charge in [-0.3, -0.25) is 4.18 Å². The molecule has 0 radical (unpaired) electrons. The summed E-state index contributed by atoms with van der Waals surface area (Å²) < 4.78 is 29.4. The van der Waals surface area contributed by atoms with Gasteiger partial charge < -0.3 is 5.73 Å². The van der Waals surface area contributed by atoms with Gasteiger partial charge in [0.2, 0.25) is 0 Å². The van der Waals surface area contributed by atoms with Crippen molar-refractivity contribution in [1.82, 2.24) is 0 Å². The van der Waals surface area contributed by atoms with Crippen LogP contribution >= 0.6 is 0 Å². The third kappa shape index (κ3) is 5.34. The fraction of sp³-hybridized carbons (Fsp3) is 1.00. The van der Waals surface area contributed by atoms with Crippen molar-refractivity contribution < 1.29 is 12.6 Å². The van der Waals surface area contributed by atoms with Gasteiger partial charge in [-0.2, -0.15) is 8.42 Å². The van der Waals surface area contributed by atoms with E-state index in [4.69, 9.17) is 9.92 Å². The molecule has 0 spiro atoms. The maximum Gasteiger partial charge on any atom is 0.267 e. The number of hydrogen-bond acceptors (Lipinski definition) is 4. The van der Waals surface area contributed by atoms with Crippen LogP contribution in [0.25, 0.3) is 0 Å². The molecule has 118 valence electrons. The highest BCUT2D eigenvalue weighted by molar-refractivity contribution is 7.86. The summed E-state index contributed by atoms with van der Waals surface area (Å²) >= 11 is 0. The summed E-state index contributed by atoms with van der Waals surface area (Å²) in [6.45, 7) is 0.288. The first-order valence-electron chi connectivity index (χ1n) is 8.19. The van der Waals surface area contributed by atoms with Gasteiger partial charge in [-0.05, 0) is 37.5 Å². The van der Waals surface area contributed by atoms with Gasteiger partial charge in [0.15, 0.2) is 0 Å². The zero-order valence-electron chi connectivity index (χ0n) is 12.4. The van der Waals surface area contributed by atoms with Crippen molar-refractivity contribution in [3.05, 3.63) is 0 Å². The van der Waals surface area contributed by atoms with Gasteiger partial charge in [-0.25, -0.2) is 0 Å². The van der Waals surface area contributed by atoms with E-state index in [1.165, 1.54) is 12.8 Å². The highest BCUT2D eigenvalue weighted by Gasteiger charge is 2.26.